The van der Waals surface area contributed by atoms with E-state index in [-0.39, 0.29) is 5.78 Å². The van der Waals surface area contributed by atoms with Gasteiger partial charge >= 0.3 is 5.97 Å². The van der Waals surface area contributed by atoms with E-state index in [0.29, 0.717) is 16.8 Å². The first-order valence-corrected chi connectivity index (χ1v) is 7.56. The van der Waals surface area contributed by atoms with Crippen LogP contribution in [0.25, 0.3) is 0 Å². The van der Waals surface area contributed by atoms with Crippen LogP contribution in [-0.4, -0.2) is 23.8 Å². The predicted octanol–water partition coefficient (Wildman–Crippen LogP) is 3.38. The number of ketones is 1. The van der Waals surface area contributed by atoms with E-state index in [1.807, 2.05) is 13.0 Å². The zero-order chi connectivity index (χ0) is 17.7. The van der Waals surface area contributed by atoms with Gasteiger partial charge in [0.1, 0.15) is 0 Å². The molecule has 5 nitrogen and oxygen atoms in total. The number of aryl methyl sites for hydroxylation is 1. The number of Topliss-reactive ketones (excluding diaryl/α,β-unsaturated/α-hetero) is 1. The number of amides is 1. The van der Waals surface area contributed by atoms with Gasteiger partial charge in [0.05, 0.1) is 5.56 Å². The summed E-state index contributed by atoms with van der Waals surface area (Å²) in [5, 5.41) is 2.64. The summed E-state index contributed by atoms with van der Waals surface area (Å²) in [4.78, 5) is 35.6. The molecule has 2 aromatic rings. The highest BCUT2D eigenvalue weighted by Gasteiger charge is 2.19. The minimum absolute atomic E-state index is 0.0926. The Kier molecular flexibility index (Phi) is 5.47. The number of anilines is 1. The summed E-state index contributed by atoms with van der Waals surface area (Å²) < 4.78 is 5.19. The Morgan fingerprint density at radius 2 is 1.67 bits per heavy atom. The molecule has 1 N–H and O–H groups in total. The first-order valence-electron chi connectivity index (χ1n) is 7.56. The highest BCUT2D eigenvalue weighted by atomic mass is 16.5. The lowest BCUT2D eigenvalue weighted by Crippen LogP contribution is -2.30. The van der Waals surface area contributed by atoms with E-state index in [9.17, 15) is 14.4 Å². The van der Waals surface area contributed by atoms with Crippen molar-refractivity contribution in [3.8, 4) is 0 Å². The summed E-state index contributed by atoms with van der Waals surface area (Å²) in [5.41, 5.74) is 2.30. The summed E-state index contributed by atoms with van der Waals surface area (Å²) >= 11 is 0. The van der Waals surface area contributed by atoms with Crippen LogP contribution < -0.4 is 5.32 Å². The van der Waals surface area contributed by atoms with Gasteiger partial charge < -0.3 is 10.1 Å². The van der Waals surface area contributed by atoms with Crippen LogP contribution in [0.2, 0.25) is 0 Å². The Bertz CT molecular complexity index is 782. The molecule has 0 saturated heterocycles. The quantitative estimate of drug-likeness (QED) is 0.675. The fourth-order valence-corrected chi connectivity index (χ4v) is 2.11. The molecule has 0 bridgehead atoms. The third-order valence-electron chi connectivity index (χ3n) is 3.44. The van der Waals surface area contributed by atoms with Gasteiger partial charge in [-0.05, 0) is 45.0 Å². The third-order valence-corrected chi connectivity index (χ3v) is 3.44. The van der Waals surface area contributed by atoms with E-state index < -0.39 is 18.0 Å². The second-order valence-electron chi connectivity index (χ2n) is 5.54. The van der Waals surface area contributed by atoms with Crippen LogP contribution in [0.4, 0.5) is 5.69 Å². The van der Waals surface area contributed by atoms with Crippen LogP contribution >= 0.6 is 0 Å². The second kappa shape index (κ2) is 7.55. The molecule has 24 heavy (non-hydrogen) atoms. The number of ether oxygens (including phenoxy) is 1. The van der Waals surface area contributed by atoms with Crippen molar-refractivity contribution < 1.29 is 19.1 Å². The standard InChI is InChI=1S/C19H19NO4/c1-12-6-4-8-16(10-12)19(23)24-14(3)18(22)20-17-9-5-7-15(11-17)13(2)21/h4-11,14H,1-3H3,(H,20,22). The summed E-state index contributed by atoms with van der Waals surface area (Å²) in [6.45, 7) is 4.82. The molecule has 0 spiro atoms. The summed E-state index contributed by atoms with van der Waals surface area (Å²) in [5.74, 6) is -1.11. The van der Waals surface area contributed by atoms with Crippen molar-refractivity contribution in [3.05, 3.63) is 65.2 Å². The van der Waals surface area contributed by atoms with Crippen molar-refractivity contribution in [2.75, 3.05) is 5.32 Å². The molecule has 1 unspecified atom stereocenters. The predicted molar refractivity (Wildman–Crippen MR) is 91.1 cm³/mol. The van der Waals surface area contributed by atoms with E-state index in [4.69, 9.17) is 4.74 Å². The van der Waals surface area contributed by atoms with Crippen LogP contribution in [0.15, 0.2) is 48.5 Å². The average molecular weight is 325 g/mol. The number of hydrogen-bond acceptors (Lipinski definition) is 4. The lowest BCUT2D eigenvalue weighted by molar-refractivity contribution is -0.123. The van der Waals surface area contributed by atoms with Crippen molar-refractivity contribution in [1.29, 1.82) is 0 Å². The van der Waals surface area contributed by atoms with Crippen molar-refractivity contribution in [3.63, 3.8) is 0 Å². The minimum atomic E-state index is -0.959. The van der Waals surface area contributed by atoms with Gasteiger partial charge in [-0.2, -0.15) is 0 Å². The van der Waals surface area contributed by atoms with E-state index in [2.05, 4.69) is 5.32 Å². The number of carbonyl (C=O) groups is 3. The Hall–Kier alpha value is -2.95. The molecule has 124 valence electrons. The molecule has 0 heterocycles. The molecular formula is C19H19NO4. The minimum Gasteiger partial charge on any atom is -0.449 e. The fraction of sp³-hybridized carbons (Fsp3) is 0.211. The van der Waals surface area contributed by atoms with Gasteiger partial charge in [-0.25, -0.2) is 4.79 Å². The highest BCUT2D eigenvalue weighted by molar-refractivity contribution is 5.99. The highest BCUT2D eigenvalue weighted by Crippen LogP contribution is 2.13. The van der Waals surface area contributed by atoms with Crippen LogP contribution in [-0.2, 0) is 9.53 Å². The van der Waals surface area contributed by atoms with Crippen molar-refractivity contribution in [1.82, 2.24) is 0 Å². The summed E-state index contributed by atoms with van der Waals surface area (Å²) in [6.07, 6.45) is -0.959. The van der Waals surface area contributed by atoms with E-state index in [1.54, 1.807) is 42.5 Å². The molecule has 1 amide bonds. The van der Waals surface area contributed by atoms with Gasteiger partial charge in [0.2, 0.25) is 0 Å². The molecule has 0 aliphatic rings. The number of esters is 1. The smallest absolute Gasteiger partial charge is 0.338 e. The topological polar surface area (TPSA) is 72.5 Å². The van der Waals surface area contributed by atoms with Crippen molar-refractivity contribution in [2.45, 2.75) is 26.9 Å². The number of benzene rings is 2. The molecule has 0 aliphatic heterocycles. The van der Waals surface area contributed by atoms with Crippen LogP contribution in [0.3, 0.4) is 0 Å². The fourth-order valence-electron chi connectivity index (χ4n) is 2.11. The zero-order valence-electron chi connectivity index (χ0n) is 13.8. The molecule has 0 aliphatic carbocycles. The Balaban J connectivity index is 2.01. The molecule has 5 heteroatoms. The van der Waals surface area contributed by atoms with E-state index >= 15 is 0 Å². The number of nitrogens with one attached hydrogen (secondary N) is 1. The van der Waals surface area contributed by atoms with Crippen molar-refractivity contribution in [2.24, 2.45) is 0 Å². The second-order valence-corrected chi connectivity index (χ2v) is 5.54. The van der Waals surface area contributed by atoms with Gasteiger partial charge in [-0.3, -0.25) is 9.59 Å². The lowest BCUT2D eigenvalue weighted by atomic mass is 10.1. The zero-order valence-corrected chi connectivity index (χ0v) is 13.8. The first kappa shape index (κ1) is 17.4. The lowest BCUT2D eigenvalue weighted by Gasteiger charge is -2.14. The first-order chi connectivity index (χ1) is 11.4. The molecule has 0 radical (unpaired) electrons. The van der Waals surface area contributed by atoms with Gasteiger partial charge in [0.15, 0.2) is 11.9 Å². The average Bonchev–Trinajstić information content (AvgIpc) is 2.54. The largest absolute Gasteiger partial charge is 0.449 e. The number of rotatable bonds is 5. The van der Waals surface area contributed by atoms with Crippen molar-refractivity contribution >= 4 is 23.3 Å². The maximum absolute atomic E-state index is 12.2. The monoisotopic (exact) mass is 325 g/mol. The summed E-state index contributed by atoms with van der Waals surface area (Å²) in [6, 6.07) is 13.5. The van der Waals surface area contributed by atoms with Gasteiger partial charge in [0, 0.05) is 11.3 Å². The van der Waals surface area contributed by atoms with E-state index in [0.717, 1.165) is 5.56 Å². The number of hydrogen-bond donors (Lipinski definition) is 1. The van der Waals surface area contributed by atoms with E-state index in [1.165, 1.54) is 13.8 Å². The van der Waals surface area contributed by atoms with Gasteiger partial charge in [0.25, 0.3) is 5.91 Å². The van der Waals surface area contributed by atoms with Crippen LogP contribution in [0.1, 0.15) is 40.1 Å². The van der Waals surface area contributed by atoms with Crippen LogP contribution in [0.5, 0.6) is 0 Å². The normalized spacial score (nSPS) is 11.5. The Morgan fingerprint density at radius 1 is 1.00 bits per heavy atom. The molecule has 0 aromatic heterocycles. The third kappa shape index (κ3) is 4.52. The Labute approximate surface area is 140 Å². The van der Waals surface area contributed by atoms with Crippen LogP contribution in [0, 0.1) is 6.92 Å². The molecule has 2 rings (SSSR count). The Morgan fingerprint density at radius 3 is 2.33 bits per heavy atom. The van der Waals surface area contributed by atoms with Gasteiger partial charge in [-0.15, -0.1) is 0 Å². The number of carbonyl (C=O) groups excluding carboxylic acids is 3. The molecule has 2 aromatic carbocycles. The maximum atomic E-state index is 12.2. The van der Waals surface area contributed by atoms with Gasteiger partial charge in [-0.1, -0.05) is 29.8 Å². The SMILES string of the molecule is CC(=O)c1cccc(NC(=O)C(C)OC(=O)c2cccc(C)c2)c1. The molecule has 0 saturated carbocycles. The molecule has 1 atom stereocenters. The summed E-state index contributed by atoms with van der Waals surface area (Å²) in [7, 11) is 0. The molecule has 0 fully saturated rings. The molecular weight excluding hydrogens is 306 g/mol. The maximum Gasteiger partial charge on any atom is 0.338 e.